The second kappa shape index (κ2) is 11.3. The summed E-state index contributed by atoms with van der Waals surface area (Å²) in [5.41, 5.74) is 1.91. The van der Waals surface area contributed by atoms with Crippen molar-refractivity contribution in [2.75, 3.05) is 13.2 Å². The number of hydrogen-bond donors (Lipinski definition) is 1. The Kier molecular flexibility index (Phi) is 7.54. The van der Waals surface area contributed by atoms with Crippen molar-refractivity contribution < 1.29 is 36.9 Å². The van der Waals surface area contributed by atoms with Crippen molar-refractivity contribution >= 4 is 17.0 Å². The molecule has 12 heteroatoms. The number of fused-ring (bicyclic) bond motifs is 2. The Labute approximate surface area is 243 Å². The molecule has 0 spiro atoms. The summed E-state index contributed by atoms with van der Waals surface area (Å²) in [5, 5.41) is 18.4. The summed E-state index contributed by atoms with van der Waals surface area (Å²) in [7, 11) is 0. The summed E-state index contributed by atoms with van der Waals surface area (Å²) in [6.45, 7) is 1.95. The Hall–Kier alpha value is -4.47. The van der Waals surface area contributed by atoms with E-state index in [2.05, 4.69) is 4.90 Å². The molecule has 0 radical (unpaired) electrons. The molecule has 222 valence electrons. The average Bonchev–Trinajstić information content (AvgIpc) is 3.28. The van der Waals surface area contributed by atoms with Gasteiger partial charge in [-0.3, -0.25) is 4.90 Å². The van der Waals surface area contributed by atoms with Gasteiger partial charge in [-0.05, 0) is 66.4 Å². The standard InChI is InChI=1S/C31H26F4N4O4/c32-25-9-18(13-36)1-2-21(25)17-43-28-12-22-14-38(7-5-19(22)10-24(28)31(33,34)35)16-29-37-26-4-3-20(30(40)41)11-27(26)39(29)15-23-6-8-42-23/h1-4,9-12,23H,5-8,14-17H2,(H,40,41)/t23-/m0/s1. The van der Waals surface area contributed by atoms with Crippen LogP contribution in [0, 0.1) is 17.1 Å². The molecule has 8 nitrogen and oxygen atoms in total. The number of benzene rings is 3. The number of nitrogens with zero attached hydrogens (tertiary/aromatic N) is 4. The van der Waals surface area contributed by atoms with Crippen LogP contribution in [0.15, 0.2) is 48.5 Å². The number of carbonyl (C=O) groups is 1. The summed E-state index contributed by atoms with van der Waals surface area (Å²) >= 11 is 0. The fourth-order valence-corrected chi connectivity index (χ4v) is 5.47. The van der Waals surface area contributed by atoms with Crippen LogP contribution < -0.4 is 4.74 Å². The van der Waals surface area contributed by atoms with Crippen molar-refractivity contribution in [1.29, 1.82) is 5.26 Å². The smallest absolute Gasteiger partial charge is 0.419 e. The van der Waals surface area contributed by atoms with Gasteiger partial charge in [0.1, 0.15) is 24.0 Å². The summed E-state index contributed by atoms with van der Waals surface area (Å²) in [5.74, 6) is -1.46. The van der Waals surface area contributed by atoms with Gasteiger partial charge in [0.2, 0.25) is 0 Å². The molecule has 6 rings (SSSR count). The number of carboxylic acid groups (broad SMARTS) is 1. The largest absolute Gasteiger partial charge is 0.488 e. The van der Waals surface area contributed by atoms with E-state index in [0.717, 1.165) is 18.6 Å². The first-order valence-corrected chi connectivity index (χ1v) is 13.7. The second-order valence-electron chi connectivity index (χ2n) is 10.7. The number of nitriles is 1. The topological polar surface area (TPSA) is 101 Å². The maximum Gasteiger partial charge on any atom is 0.419 e. The van der Waals surface area contributed by atoms with E-state index in [9.17, 15) is 27.5 Å². The minimum Gasteiger partial charge on any atom is -0.488 e. The first-order valence-electron chi connectivity index (χ1n) is 13.7. The Bertz CT molecular complexity index is 1760. The van der Waals surface area contributed by atoms with E-state index in [0.29, 0.717) is 67.2 Å². The predicted molar refractivity (Wildman–Crippen MR) is 146 cm³/mol. The average molecular weight is 595 g/mol. The van der Waals surface area contributed by atoms with E-state index in [-0.39, 0.29) is 22.8 Å². The van der Waals surface area contributed by atoms with Crippen LogP contribution in [0.5, 0.6) is 5.75 Å². The Morgan fingerprint density at radius 2 is 1.98 bits per heavy atom. The highest BCUT2D eigenvalue weighted by Crippen LogP contribution is 2.40. The van der Waals surface area contributed by atoms with Gasteiger partial charge < -0.3 is 19.1 Å². The summed E-state index contributed by atoms with van der Waals surface area (Å²) in [6.07, 6.45) is -3.43. The number of hydrogen-bond acceptors (Lipinski definition) is 6. The van der Waals surface area contributed by atoms with Crippen LogP contribution in [0.1, 0.15) is 50.4 Å². The lowest BCUT2D eigenvalue weighted by Crippen LogP contribution is -2.34. The van der Waals surface area contributed by atoms with Crippen LogP contribution >= 0.6 is 0 Å². The van der Waals surface area contributed by atoms with E-state index < -0.39 is 35.9 Å². The fraction of sp³-hybridized carbons (Fsp3) is 0.323. The highest BCUT2D eigenvalue weighted by Gasteiger charge is 2.36. The number of alkyl halides is 3. The lowest BCUT2D eigenvalue weighted by molar-refractivity contribution is -0.139. The van der Waals surface area contributed by atoms with E-state index in [4.69, 9.17) is 19.7 Å². The van der Waals surface area contributed by atoms with Crippen LogP contribution in [0.4, 0.5) is 17.6 Å². The molecule has 1 aromatic heterocycles. The molecule has 0 aliphatic carbocycles. The molecule has 0 bridgehead atoms. The molecule has 4 aromatic rings. The molecule has 3 heterocycles. The molecular weight excluding hydrogens is 568 g/mol. The van der Waals surface area contributed by atoms with Crippen LogP contribution in [-0.4, -0.2) is 44.8 Å². The van der Waals surface area contributed by atoms with Gasteiger partial charge in [0.25, 0.3) is 0 Å². The second-order valence-corrected chi connectivity index (χ2v) is 10.7. The Morgan fingerprint density at radius 1 is 1.16 bits per heavy atom. The lowest BCUT2D eigenvalue weighted by atomic mass is 9.96. The van der Waals surface area contributed by atoms with Crippen LogP contribution in [-0.2, 0) is 43.6 Å². The zero-order valence-electron chi connectivity index (χ0n) is 22.8. The van der Waals surface area contributed by atoms with Gasteiger partial charge >= 0.3 is 12.1 Å². The Morgan fingerprint density at radius 3 is 2.65 bits per heavy atom. The number of rotatable bonds is 8. The van der Waals surface area contributed by atoms with Crippen molar-refractivity contribution in [3.8, 4) is 11.8 Å². The van der Waals surface area contributed by atoms with Crippen LogP contribution in [0.2, 0.25) is 0 Å². The summed E-state index contributed by atoms with van der Waals surface area (Å²) in [6, 6.07) is 12.8. The highest BCUT2D eigenvalue weighted by molar-refractivity contribution is 5.92. The number of halogens is 4. The fourth-order valence-electron chi connectivity index (χ4n) is 5.47. The van der Waals surface area contributed by atoms with Crippen molar-refractivity contribution in [3.05, 3.63) is 93.6 Å². The van der Waals surface area contributed by atoms with Gasteiger partial charge in [-0.1, -0.05) is 6.07 Å². The van der Waals surface area contributed by atoms with Crippen molar-refractivity contribution in [2.24, 2.45) is 0 Å². The van der Waals surface area contributed by atoms with Crippen LogP contribution in [0.25, 0.3) is 11.0 Å². The Balaban J connectivity index is 1.27. The summed E-state index contributed by atoms with van der Waals surface area (Å²) in [4.78, 5) is 18.4. The molecule has 0 amide bonds. The maximum atomic E-state index is 14.4. The minimum atomic E-state index is -4.67. The molecule has 3 aromatic carbocycles. The normalized spacial score (nSPS) is 16.9. The van der Waals surface area contributed by atoms with Crippen molar-refractivity contribution in [2.45, 2.75) is 51.4 Å². The third-order valence-electron chi connectivity index (χ3n) is 7.88. The highest BCUT2D eigenvalue weighted by atomic mass is 19.4. The van der Waals surface area contributed by atoms with Gasteiger partial charge in [0, 0.05) is 25.3 Å². The first-order chi connectivity index (χ1) is 20.6. The molecule has 0 unspecified atom stereocenters. The van der Waals surface area contributed by atoms with Gasteiger partial charge in [0.15, 0.2) is 0 Å². The van der Waals surface area contributed by atoms with Crippen molar-refractivity contribution in [3.63, 3.8) is 0 Å². The van der Waals surface area contributed by atoms with E-state index in [1.54, 1.807) is 12.1 Å². The molecule has 1 saturated heterocycles. The minimum absolute atomic E-state index is 0.00634. The number of ether oxygens (including phenoxy) is 2. The zero-order valence-corrected chi connectivity index (χ0v) is 22.8. The monoisotopic (exact) mass is 594 g/mol. The van der Waals surface area contributed by atoms with Crippen molar-refractivity contribution in [1.82, 2.24) is 14.5 Å². The van der Waals surface area contributed by atoms with Gasteiger partial charge in [0.05, 0.1) is 53.0 Å². The van der Waals surface area contributed by atoms with Gasteiger partial charge in [-0.25, -0.2) is 14.2 Å². The van der Waals surface area contributed by atoms with Gasteiger partial charge in [-0.2, -0.15) is 18.4 Å². The first kappa shape index (κ1) is 28.6. The quantitative estimate of drug-likeness (QED) is 0.262. The third-order valence-corrected chi connectivity index (χ3v) is 7.88. The molecule has 0 saturated carbocycles. The molecule has 1 atom stereocenters. The van der Waals surface area contributed by atoms with E-state index in [1.165, 1.54) is 24.3 Å². The molecule has 2 aliphatic heterocycles. The summed E-state index contributed by atoms with van der Waals surface area (Å²) < 4.78 is 69.5. The number of imidazole rings is 1. The molecule has 1 fully saturated rings. The van der Waals surface area contributed by atoms with Gasteiger partial charge in [-0.15, -0.1) is 0 Å². The predicted octanol–water partition coefficient (Wildman–Crippen LogP) is 5.69. The van der Waals surface area contributed by atoms with E-state index in [1.807, 2.05) is 10.6 Å². The number of carboxylic acids is 1. The van der Waals surface area contributed by atoms with E-state index >= 15 is 0 Å². The number of aromatic carboxylic acids is 1. The molecular formula is C31H26F4N4O4. The van der Waals surface area contributed by atoms with Crippen LogP contribution in [0.3, 0.4) is 0 Å². The molecule has 43 heavy (non-hydrogen) atoms. The third kappa shape index (κ3) is 5.91. The number of aromatic nitrogens is 2. The molecule has 1 N–H and O–H groups in total. The SMILES string of the molecule is N#Cc1ccc(COc2cc3c(cc2C(F)(F)F)CCN(Cc2nc4ccc(C(=O)O)cc4n2C[C@@H]2CCO2)C3)c(F)c1. The molecule has 2 aliphatic rings. The maximum absolute atomic E-state index is 14.4. The zero-order chi connectivity index (χ0) is 30.3. The lowest BCUT2D eigenvalue weighted by Gasteiger charge is -2.31.